The zero-order chi connectivity index (χ0) is 16.5. The highest BCUT2D eigenvalue weighted by Gasteiger charge is 2.19. The summed E-state index contributed by atoms with van der Waals surface area (Å²) < 4.78 is 5.64. The topological polar surface area (TPSA) is 26.3 Å². The fraction of sp³-hybridized carbons (Fsp3) is 0.350. The lowest BCUT2D eigenvalue weighted by Crippen LogP contribution is -2.12. The van der Waals surface area contributed by atoms with Gasteiger partial charge in [0.25, 0.3) is 0 Å². The molecule has 2 aromatic carbocycles. The summed E-state index contributed by atoms with van der Waals surface area (Å²) in [6, 6.07) is 17.4. The molecule has 0 aliphatic heterocycles. The second-order valence-electron chi connectivity index (χ2n) is 5.50. The van der Waals surface area contributed by atoms with Crippen LogP contribution in [-0.2, 0) is 0 Å². The number of Topliss-reactive ketones (excluding diaryl/α,β-unsaturated/α-hetero) is 1. The Morgan fingerprint density at radius 2 is 1.74 bits per heavy atom. The van der Waals surface area contributed by atoms with Crippen LogP contribution < -0.4 is 4.74 Å². The van der Waals surface area contributed by atoms with Crippen LogP contribution in [-0.4, -0.2) is 18.3 Å². The minimum Gasteiger partial charge on any atom is -0.494 e. The maximum Gasteiger partial charge on any atom is 0.170 e. The first-order valence-corrected chi connectivity index (χ1v) is 8.67. The molecule has 0 saturated carbocycles. The van der Waals surface area contributed by atoms with Crippen LogP contribution in [0.2, 0.25) is 0 Å². The van der Waals surface area contributed by atoms with Gasteiger partial charge in [-0.2, -0.15) is 0 Å². The first kappa shape index (κ1) is 17.6. The van der Waals surface area contributed by atoms with Gasteiger partial charge in [-0.15, -0.1) is 11.6 Å². The fourth-order valence-electron chi connectivity index (χ4n) is 2.56. The third-order valence-electron chi connectivity index (χ3n) is 3.86. The van der Waals surface area contributed by atoms with Crippen molar-refractivity contribution in [1.82, 2.24) is 0 Å². The van der Waals surface area contributed by atoms with Gasteiger partial charge in [-0.1, -0.05) is 37.3 Å². The quantitative estimate of drug-likeness (QED) is 0.346. The Kier molecular flexibility index (Phi) is 7.15. The summed E-state index contributed by atoms with van der Waals surface area (Å²) in [5.74, 6) is 1.53. The molecule has 0 amide bonds. The average Bonchev–Trinajstić information content (AvgIpc) is 2.61. The second-order valence-corrected chi connectivity index (χ2v) is 5.88. The van der Waals surface area contributed by atoms with E-state index in [-0.39, 0.29) is 11.7 Å². The van der Waals surface area contributed by atoms with Crippen molar-refractivity contribution in [3.05, 3.63) is 65.7 Å². The minimum absolute atomic E-state index is 0.0910. The summed E-state index contributed by atoms with van der Waals surface area (Å²) >= 11 is 5.64. The molecule has 0 heterocycles. The molecule has 0 bridgehead atoms. The molecule has 0 saturated heterocycles. The van der Waals surface area contributed by atoms with E-state index in [1.165, 1.54) is 0 Å². The summed E-state index contributed by atoms with van der Waals surface area (Å²) in [7, 11) is 0. The maximum atomic E-state index is 12.7. The van der Waals surface area contributed by atoms with Crippen LogP contribution in [0.4, 0.5) is 0 Å². The Morgan fingerprint density at radius 3 is 2.35 bits per heavy atom. The van der Waals surface area contributed by atoms with Crippen LogP contribution in [0, 0.1) is 0 Å². The summed E-state index contributed by atoms with van der Waals surface area (Å²) in [5, 5.41) is 0. The number of halogens is 1. The van der Waals surface area contributed by atoms with Crippen molar-refractivity contribution in [2.45, 2.75) is 32.1 Å². The average molecular weight is 331 g/mol. The molecule has 0 spiro atoms. The number of rotatable bonds is 9. The molecule has 2 aromatic rings. The highest BCUT2D eigenvalue weighted by molar-refractivity contribution is 6.17. The molecular weight excluding hydrogens is 308 g/mol. The zero-order valence-corrected chi connectivity index (χ0v) is 14.3. The molecule has 122 valence electrons. The van der Waals surface area contributed by atoms with E-state index in [0.717, 1.165) is 36.1 Å². The smallest absolute Gasteiger partial charge is 0.170 e. The van der Waals surface area contributed by atoms with Gasteiger partial charge in [-0.25, -0.2) is 0 Å². The van der Waals surface area contributed by atoms with Gasteiger partial charge in [-0.05, 0) is 49.1 Å². The van der Waals surface area contributed by atoms with Gasteiger partial charge in [0.1, 0.15) is 5.75 Å². The standard InChI is InChI=1S/C20H23ClO2/c1-2-19(16-8-4-3-5-9-16)20(22)17-10-12-18(13-11-17)23-15-7-6-14-21/h3-5,8-13,19H,2,6-7,14-15H2,1H3/t19-/m0/s1. The van der Waals surface area contributed by atoms with Gasteiger partial charge in [0.2, 0.25) is 0 Å². The van der Waals surface area contributed by atoms with Gasteiger partial charge in [0.15, 0.2) is 5.78 Å². The molecule has 2 nitrogen and oxygen atoms in total. The summed E-state index contributed by atoms with van der Waals surface area (Å²) in [5.41, 5.74) is 1.80. The predicted molar refractivity (Wildman–Crippen MR) is 95.7 cm³/mol. The van der Waals surface area contributed by atoms with E-state index in [0.29, 0.717) is 12.5 Å². The van der Waals surface area contributed by atoms with Crippen molar-refractivity contribution < 1.29 is 9.53 Å². The highest BCUT2D eigenvalue weighted by atomic mass is 35.5. The SMILES string of the molecule is CC[C@H](C(=O)c1ccc(OCCCCCl)cc1)c1ccccc1. The molecule has 0 unspecified atom stereocenters. The maximum absolute atomic E-state index is 12.7. The number of hydrogen-bond donors (Lipinski definition) is 0. The van der Waals surface area contributed by atoms with E-state index in [1.807, 2.05) is 61.5 Å². The number of unbranched alkanes of at least 4 members (excludes halogenated alkanes) is 1. The lowest BCUT2D eigenvalue weighted by Gasteiger charge is -2.14. The van der Waals surface area contributed by atoms with E-state index in [2.05, 4.69) is 0 Å². The number of hydrogen-bond acceptors (Lipinski definition) is 2. The van der Waals surface area contributed by atoms with Crippen LogP contribution in [0.15, 0.2) is 54.6 Å². The number of alkyl halides is 1. The summed E-state index contributed by atoms with van der Waals surface area (Å²) in [6.07, 6.45) is 2.68. The molecule has 0 N–H and O–H groups in total. The van der Waals surface area contributed by atoms with Crippen molar-refractivity contribution in [2.75, 3.05) is 12.5 Å². The molecule has 0 radical (unpaired) electrons. The molecular formula is C20H23ClO2. The summed E-state index contributed by atoms with van der Waals surface area (Å²) in [4.78, 5) is 12.7. The Labute approximate surface area is 143 Å². The van der Waals surface area contributed by atoms with E-state index in [9.17, 15) is 4.79 Å². The van der Waals surface area contributed by atoms with Crippen LogP contribution >= 0.6 is 11.6 Å². The predicted octanol–water partition coefficient (Wildman–Crippen LogP) is 5.46. The molecule has 23 heavy (non-hydrogen) atoms. The van der Waals surface area contributed by atoms with Gasteiger partial charge < -0.3 is 4.74 Å². The number of ether oxygens (including phenoxy) is 1. The first-order valence-electron chi connectivity index (χ1n) is 8.14. The van der Waals surface area contributed by atoms with Crippen LogP contribution in [0.1, 0.15) is 48.0 Å². The number of benzene rings is 2. The Hall–Kier alpha value is -1.80. The fourth-order valence-corrected chi connectivity index (χ4v) is 2.75. The largest absolute Gasteiger partial charge is 0.494 e. The summed E-state index contributed by atoms with van der Waals surface area (Å²) in [6.45, 7) is 2.70. The molecule has 3 heteroatoms. The van der Waals surface area contributed by atoms with E-state index >= 15 is 0 Å². The highest BCUT2D eigenvalue weighted by Crippen LogP contribution is 2.25. The van der Waals surface area contributed by atoms with Crippen molar-refractivity contribution in [1.29, 1.82) is 0 Å². The lowest BCUT2D eigenvalue weighted by atomic mass is 9.89. The molecule has 0 aromatic heterocycles. The van der Waals surface area contributed by atoms with Gasteiger partial charge in [0.05, 0.1) is 6.61 Å². The normalized spacial score (nSPS) is 11.9. The lowest BCUT2D eigenvalue weighted by molar-refractivity contribution is 0.0957. The van der Waals surface area contributed by atoms with Gasteiger partial charge in [-0.3, -0.25) is 4.79 Å². The van der Waals surface area contributed by atoms with Crippen molar-refractivity contribution in [3.63, 3.8) is 0 Å². The van der Waals surface area contributed by atoms with Gasteiger partial charge in [0, 0.05) is 17.4 Å². The van der Waals surface area contributed by atoms with Crippen LogP contribution in [0.25, 0.3) is 0 Å². The van der Waals surface area contributed by atoms with E-state index < -0.39 is 0 Å². The van der Waals surface area contributed by atoms with Gasteiger partial charge >= 0.3 is 0 Å². The second kappa shape index (κ2) is 9.36. The molecule has 0 aliphatic carbocycles. The number of carbonyl (C=O) groups excluding carboxylic acids is 1. The van der Waals surface area contributed by atoms with E-state index in [1.54, 1.807) is 0 Å². The monoisotopic (exact) mass is 330 g/mol. The minimum atomic E-state index is -0.0910. The zero-order valence-electron chi connectivity index (χ0n) is 13.5. The van der Waals surface area contributed by atoms with Crippen LogP contribution in [0.3, 0.4) is 0 Å². The first-order chi connectivity index (χ1) is 11.3. The molecule has 0 aliphatic rings. The van der Waals surface area contributed by atoms with Crippen molar-refractivity contribution >= 4 is 17.4 Å². The van der Waals surface area contributed by atoms with Crippen molar-refractivity contribution in [3.8, 4) is 5.75 Å². The number of ketones is 1. The molecule has 2 rings (SSSR count). The third kappa shape index (κ3) is 5.11. The van der Waals surface area contributed by atoms with E-state index in [4.69, 9.17) is 16.3 Å². The molecule has 0 fully saturated rings. The Morgan fingerprint density at radius 1 is 1.04 bits per heavy atom. The Bertz CT molecular complexity index is 593. The van der Waals surface area contributed by atoms with Crippen molar-refractivity contribution in [2.24, 2.45) is 0 Å². The number of carbonyl (C=O) groups is 1. The third-order valence-corrected chi connectivity index (χ3v) is 4.13. The molecule has 1 atom stereocenters. The van der Waals surface area contributed by atoms with Crippen LogP contribution in [0.5, 0.6) is 5.75 Å². The Balaban J connectivity index is 2.01.